The van der Waals surface area contributed by atoms with Crippen LogP contribution in [0, 0.1) is 5.41 Å². The Morgan fingerprint density at radius 1 is 1.25 bits per heavy atom. The van der Waals surface area contributed by atoms with Crippen LogP contribution < -0.4 is 21.3 Å². The van der Waals surface area contributed by atoms with Gasteiger partial charge in [-0.25, -0.2) is 0 Å². The van der Waals surface area contributed by atoms with Crippen LogP contribution in [-0.4, -0.2) is 41.3 Å². The van der Waals surface area contributed by atoms with Crippen LogP contribution in [0.2, 0.25) is 0 Å². The quantitative estimate of drug-likeness (QED) is 0.364. The first-order valence-electron chi connectivity index (χ1n) is 8.35. The molecule has 2 fully saturated rings. The third-order valence-corrected chi connectivity index (χ3v) is 4.88. The Morgan fingerprint density at radius 3 is 2.08 bits per heavy atom. The Morgan fingerprint density at radius 2 is 1.75 bits per heavy atom. The van der Waals surface area contributed by atoms with E-state index in [0.29, 0.717) is 18.1 Å². The maximum Gasteiger partial charge on any atom is 2.00 e. The second-order valence-corrected chi connectivity index (χ2v) is 6.75. The van der Waals surface area contributed by atoms with Crippen LogP contribution in [0.3, 0.4) is 0 Å². The van der Waals surface area contributed by atoms with Gasteiger partial charge in [-0.3, -0.25) is 0 Å². The molecule has 2 rings (SSSR count). The Bertz CT molecular complexity index is 399. The largest absolute Gasteiger partial charge is 2.00 e. The van der Waals surface area contributed by atoms with Crippen molar-refractivity contribution in [3.05, 3.63) is 0 Å². The number of hydrogen-bond acceptors (Lipinski definition) is 7. The molecule has 0 heterocycles. The van der Waals surface area contributed by atoms with Crippen molar-refractivity contribution in [2.24, 2.45) is 11.1 Å². The third kappa shape index (κ3) is 6.10. The number of carboxylic acid groups (broad SMARTS) is 2. The first-order valence-corrected chi connectivity index (χ1v) is 8.35. The molecule has 7 nitrogen and oxygen atoms in total. The van der Waals surface area contributed by atoms with Crippen molar-refractivity contribution in [2.75, 3.05) is 0 Å². The summed E-state index contributed by atoms with van der Waals surface area (Å²) in [6, 6.07) is 1.60. The Labute approximate surface area is 157 Å². The second kappa shape index (κ2) is 10.5. The number of nitrogens with two attached hydrogens (primary N) is 1. The van der Waals surface area contributed by atoms with Gasteiger partial charge >= 0.3 is 21.1 Å². The third-order valence-electron chi connectivity index (χ3n) is 4.88. The zero-order valence-corrected chi connectivity index (χ0v) is 16.5. The fourth-order valence-corrected chi connectivity index (χ4v) is 3.01. The molecule has 0 aromatic heterocycles. The van der Waals surface area contributed by atoms with E-state index in [1.807, 2.05) is 0 Å². The maximum atomic E-state index is 10.2. The van der Waals surface area contributed by atoms with Crippen molar-refractivity contribution in [1.82, 2.24) is 5.32 Å². The Hall–Kier alpha value is -0.492. The molecule has 0 aromatic carbocycles. The van der Waals surface area contributed by atoms with Crippen molar-refractivity contribution in [3.8, 4) is 0 Å². The molecule has 0 amide bonds. The molecular weight excluding hydrogens is 495 g/mol. The predicted molar refractivity (Wildman–Crippen MR) is 80.8 cm³/mol. The van der Waals surface area contributed by atoms with Gasteiger partial charge in [-0.2, -0.15) is 0 Å². The van der Waals surface area contributed by atoms with E-state index in [0.717, 1.165) is 0 Å². The van der Waals surface area contributed by atoms with Gasteiger partial charge in [0.05, 0.1) is 23.5 Å². The van der Waals surface area contributed by atoms with Gasteiger partial charge in [0, 0.05) is 18.1 Å². The fourth-order valence-electron chi connectivity index (χ4n) is 3.01. The summed E-state index contributed by atoms with van der Waals surface area (Å²) >= 11 is 0. The minimum absolute atomic E-state index is 0. The summed E-state index contributed by atoms with van der Waals surface area (Å²) in [5.41, 5.74) is 4.07. The van der Waals surface area contributed by atoms with E-state index in [9.17, 15) is 19.8 Å². The molecule has 2 aliphatic rings. The zero-order chi connectivity index (χ0) is 17.6. The number of carbonyl (C=O) groups is 2. The predicted octanol–water partition coefficient (Wildman–Crippen LogP) is -1.73. The van der Waals surface area contributed by atoms with Gasteiger partial charge in [-0.15, -0.1) is 0 Å². The average molecular weight is 523 g/mol. The SMILES string of the molecule is CCC(C)N[C@@H]1CCCC[C@H]1N.O=C([O-])C1(C(=O)[O-])CC(O)C1.[Pt+2]. The van der Waals surface area contributed by atoms with Crippen molar-refractivity contribution in [3.63, 3.8) is 0 Å². The topological polar surface area (TPSA) is 139 Å². The number of aliphatic hydroxyl groups is 1. The van der Waals surface area contributed by atoms with E-state index < -0.39 is 23.5 Å². The summed E-state index contributed by atoms with van der Waals surface area (Å²) in [7, 11) is 0. The summed E-state index contributed by atoms with van der Waals surface area (Å²) in [6.07, 6.45) is 4.87. The molecular formula is C16H28N2O5Pt. The van der Waals surface area contributed by atoms with E-state index in [-0.39, 0.29) is 33.9 Å². The molecule has 0 aliphatic heterocycles. The second-order valence-electron chi connectivity index (χ2n) is 6.75. The van der Waals surface area contributed by atoms with Crippen LogP contribution in [0.4, 0.5) is 0 Å². The normalized spacial score (nSPS) is 26.8. The number of carboxylic acids is 2. The van der Waals surface area contributed by atoms with Crippen LogP contribution in [0.1, 0.15) is 58.8 Å². The van der Waals surface area contributed by atoms with Crippen LogP contribution in [0.25, 0.3) is 0 Å². The van der Waals surface area contributed by atoms with Crippen LogP contribution >= 0.6 is 0 Å². The van der Waals surface area contributed by atoms with Gasteiger partial charge in [0.25, 0.3) is 0 Å². The average Bonchev–Trinajstić information content (AvgIpc) is 2.46. The molecule has 0 spiro atoms. The minimum atomic E-state index is -1.95. The number of hydrogen-bond donors (Lipinski definition) is 3. The van der Waals surface area contributed by atoms with Crippen molar-refractivity contribution >= 4 is 11.9 Å². The smallest absolute Gasteiger partial charge is 0.549 e. The molecule has 0 saturated heterocycles. The summed E-state index contributed by atoms with van der Waals surface area (Å²) in [6.45, 7) is 4.45. The molecule has 142 valence electrons. The number of rotatable bonds is 5. The summed E-state index contributed by atoms with van der Waals surface area (Å²) in [5.74, 6) is -3.36. The number of nitrogens with one attached hydrogen (secondary N) is 1. The van der Waals surface area contributed by atoms with Crippen LogP contribution in [-0.2, 0) is 30.7 Å². The van der Waals surface area contributed by atoms with Gasteiger partial charge in [0.15, 0.2) is 0 Å². The first-order chi connectivity index (χ1) is 10.7. The van der Waals surface area contributed by atoms with Gasteiger partial charge in [0.1, 0.15) is 0 Å². The molecule has 0 radical (unpaired) electrons. The van der Waals surface area contributed by atoms with Crippen LogP contribution in [0.5, 0.6) is 0 Å². The van der Waals surface area contributed by atoms with E-state index >= 15 is 0 Å². The van der Waals surface area contributed by atoms with Crippen LogP contribution in [0.15, 0.2) is 0 Å². The molecule has 24 heavy (non-hydrogen) atoms. The Balaban J connectivity index is 0.000000425. The zero-order valence-electron chi connectivity index (χ0n) is 14.2. The monoisotopic (exact) mass is 523 g/mol. The summed E-state index contributed by atoms with van der Waals surface area (Å²) in [5, 5.41) is 32.8. The molecule has 3 atom stereocenters. The number of aliphatic carboxylic acids is 2. The standard InChI is InChI=1S/C10H22N2.C6H8O5.Pt/c1-3-8(2)12-10-7-5-4-6-9(10)11;7-3-1-6(2-3,4(8)9)5(10)11;/h8-10,12H,3-7,11H2,1-2H3;3,7H,1-2H2,(H,8,9)(H,10,11);/q;;+2/p-2/t8?,9-,10-;;/m1../s1. The molecule has 1 unspecified atom stereocenters. The van der Waals surface area contributed by atoms with E-state index in [2.05, 4.69) is 19.2 Å². The molecule has 0 aromatic rings. The van der Waals surface area contributed by atoms with Gasteiger partial charge < -0.3 is 36.0 Å². The fraction of sp³-hybridized carbons (Fsp3) is 0.875. The van der Waals surface area contributed by atoms with E-state index in [4.69, 9.17) is 10.8 Å². The van der Waals surface area contributed by atoms with Crippen molar-refractivity contribution < 1.29 is 46.0 Å². The maximum absolute atomic E-state index is 10.2. The molecule has 4 N–H and O–H groups in total. The number of carbonyl (C=O) groups excluding carboxylic acids is 2. The molecule has 0 bridgehead atoms. The van der Waals surface area contributed by atoms with Crippen molar-refractivity contribution in [1.29, 1.82) is 0 Å². The summed E-state index contributed by atoms with van der Waals surface area (Å²) in [4.78, 5) is 20.5. The molecule has 8 heteroatoms. The first kappa shape index (κ1) is 23.5. The van der Waals surface area contributed by atoms with Gasteiger partial charge in [0.2, 0.25) is 0 Å². The Kier molecular flexibility index (Phi) is 10.3. The molecule has 2 aliphatic carbocycles. The summed E-state index contributed by atoms with van der Waals surface area (Å²) < 4.78 is 0. The van der Waals surface area contributed by atoms with Gasteiger partial charge in [-0.05, 0) is 39.0 Å². The molecule has 2 saturated carbocycles. The van der Waals surface area contributed by atoms with E-state index in [1.54, 1.807) is 0 Å². The van der Waals surface area contributed by atoms with Crippen molar-refractivity contribution in [2.45, 2.75) is 83.0 Å². The minimum Gasteiger partial charge on any atom is -0.549 e. The van der Waals surface area contributed by atoms with E-state index in [1.165, 1.54) is 32.1 Å². The van der Waals surface area contributed by atoms with Gasteiger partial charge in [-0.1, -0.05) is 19.8 Å². The number of aliphatic hydroxyl groups excluding tert-OH is 1.